The van der Waals surface area contributed by atoms with E-state index in [1.54, 1.807) is 24.9 Å². The molecule has 0 radical (unpaired) electrons. The first-order chi connectivity index (χ1) is 7.86. The van der Waals surface area contributed by atoms with Crippen molar-refractivity contribution >= 4 is 16.6 Å². The molecule has 4 heteroatoms. The monoisotopic (exact) mass is 212 g/mol. The first-order valence-corrected chi connectivity index (χ1v) is 4.89. The third-order valence-electron chi connectivity index (χ3n) is 2.03. The van der Waals surface area contributed by atoms with Gasteiger partial charge in [0.1, 0.15) is 0 Å². The number of rotatable bonds is 0. The summed E-state index contributed by atoms with van der Waals surface area (Å²) in [6, 6.07) is 9.60. The van der Waals surface area contributed by atoms with Crippen LogP contribution in [0.4, 0.5) is 5.69 Å². The Balaban J connectivity index is 0.000000162. The predicted molar refractivity (Wildman–Crippen MR) is 64.7 cm³/mol. The first-order valence-electron chi connectivity index (χ1n) is 4.89. The molecule has 80 valence electrons. The van der Waals surface area contributed by atoms with Gasteiger partial charge in [-0.2, -0.15) is 0 Å². The number of hydrogen-bond acceptors (Lipinski definition) is 3. The lowest BCUT2D eigenvalue weighted by Gasteiger charge is -1.96. The summed E-state index contributed by atoms with van der Waals surface area (Å²) >= 11 is 0. The summed E-state index contributed by atoms with van der Waals surface area (Å²) in [5.41, 5.74) is 7.37. The lowest BCUT2D eigenvalue weighted by atomic mass is 10.2. The Morgan fingerprint density at radius 3 is 2.75 bits per heavy atom. The van der Waals surface area contributed by atoms with Gasteiger partial charge in [-0.15, -0.1) is 0 Å². The van der Waals surface area contributed by atoms with Crippen LogP contribution in [0, 0.1) is 0 Å². The Hall–Kier alpha value is -2.36. The Morgan fingerprint density at radius 1 is 1.12 bits per heavy atom. The van der Waals surface area contributed by atoms with Gasteiger partial charge in [-0.25, -0.2) is 4.98 Å². The number of hydrogen-bond donors (Lipinski definition) is 2. The third kappa shape index (κ3) is 2.57. The van der Waals surface area contributed by atoms with Crippen molar-refractivity contribution in [2.75, 3.05) is 5.73 Å². The molecule has 0 spiro atoms. The lowest BCUT2D eigenvalue weighted by Crippen LogP contribution is -1.84. The van der Waals surface area contributed by atoms with Crippen molar-refractivity contribution in [2.24, 2.45) is 0 Å². The van der Waals surface area contributed by atoms with Gasteiger partial charge < -0.3 is 10.7 Å². The number of fused-ring (bicyclic) bond motifs is 1. The van der Waals surface area contributed by atoms with Crippen LogP contribution in [0.1, 0.15) is 0 Å². The largest absolute Gasteiger partial charge is 0.399 e. The minimum absolute atomic E-state index is 0.783. The van der Waals surface area contributed by atoms with E-state index < -0.39 is 0 Å². The molecule has 0 aliphatic rings. The average Bonchev–Trinajstić information content (AvgIpc) is 2.87. The van der Waals surface area contributed by atoms with Crippen molar-refractivity contribution in [3.63, 3.8) is 0 Å². The zero-order valence-corrected chi connectivity index (χ0v) is 8.67. The van der Waals surface area contributed by atoms with Crippen LogP contribution in [0.15, 0.2) is 55.2 Å². The highest BCUT2D eigenvalue weighted by atomic mass is 14.8. The molecule has 0 aliphatic heterocycles. The summed E-state index contributed by atoms with van der Waals surface area (Å²) in [5.74, 6) is 0. The molecule has 0 amide bonds. The summed E-state index contributed by atoms with van der Waals surface area (Å²) < 4.78 is 0. The van der Waals surface area contributed by atoms with Gasteiger partial charge in [0.2, 0.25) is 0 Å². The molecular weight excluding hydrogens is 200 g/mol. The minimum Gasteiger partial charge on any atom is -0.399 e. The maximum atomic E-state index is 5.60. The van der Waals surface area contributed by atoms with Crippen LogP contribution in [-0.4, -0.2) is 15.0 Å². The van der Waals surface area contributed by atoms with E-state index in [-0.39, 0.29) is 0 Å². The SMILES string of the molecule is Nc1ccc2ncccc2c1.c1c[nH]cn1. The molecule has 0 unspecified atom stereocenters. The molecule has 2 aromatic heterocycles. The lowest BCUT2D eigenvalue weighted by molar-refractivity contribution is 1.31. The molecule has 0 fully saturated rings. The highest BCUT2D eigenvalue weighted by Gasteiger charge is 1.91. The molecule has 0 bridgehead atoms. The molecular formula is C12H12N4. The predicted octanol–water partition coefficient (Wildman–Crippen LogP) is 2.23. The number of aromatic nitrogens is 3. The van der Waals surface area contributed by atoms with Crippen molar-refractivity contribution in [2.45, 2.75) is 0 Å². The highest BCUT2D eigenvalue weighted by molar-refractivity contribution is 5.81. The van der Waals surface area contributed by atoms with E-state index in [0.717, 1.165) is 16.6 Å². The molecule has 0 aliphatic carbocycles. The summed E-state index contributed by atoms with van der Waals surface area (Å²) in [6.45, 7) is 0. The Bertz CT molecular complexity index is 529. The summed E-state index contributed by atoms with van der Waals surface area (Å²) in [4.78, 5) is 10.6. The van der Waals surface area contributed by atoms with Crippen LogP contribution in [0.3, 0.4) is 0 Å². The number of benzene rings is 1. The van der Waals surface area contributed by atoms with Crippen LogP contribution < -0.4 is 5.73 Å². The van der Waals surface area contributed by atoms with Gasteiger partial charge in [0.05, 0.1) is 11.8 Å². The zero-order chi connectivity index (χ0) is 11.2. The molecule has 16 heavy (non-hydrogen) atoms. The Morgan fingerprint density at radius 2 is 2.06 bits per heavy atom. The van der Waals surface area contributed by atoms with Crippen LogP contribution in [0.25, 0.3) is 10.9 Å². The van der Waals surface area contributed by atoms with E-state index in [4.69, 9.17) is 5.73 Å². The molecule has 3 N–H and O–H groups in total. The summed E-state index contributed by atoms with van der Waals surface area (Å²) in [6.07, 6.45) is 6.86. The number of nitrogens with two attached hydrogens (primary N) is 1. The van der Waals surface area contributed by atoms with Gasteiger partial charge in [-0.3, -0.25) is 4.98 Å². The number of imidazole rings is 1. The molecule has 3 aromatic rings. The van der Waals surface area contributed by atoms with Gasteiger partial charge >= 0.3 is 0 Å². The highest BCUT2D eigenvalue weighted by Crippen LogP contribution is 2.13. The number of H-pyrrole nitrogens is 1. The smallest absolute Gasteiger partial charge is 0.0919 e. The normalized spacial score (nSPS) is 9.50. The second-order valence-corrected chi connectivity index (χ2v) is 3.22. The number of anilines is 1. The fourth-order valence-electron chi connectivity index (χ4n) is 1.31. The van der Waals surface area contributed by atoms with E-state index in [1.165, 1.54) is 0 Å². The van der Waals surface area contributed by atoms with Crippen molar-refractivity contribution < 1.29 is 0 Å². The molecule has 2 heterocycles. The van der Waals surface area contributed by atoms with Crippen molar-refractivity contribution in [1.29, 1.82) is 0 Å². The molecule has 4 nitrogen and oxygen atoms in total. The van der Waals surface area contributed by atoms with E-state index in [1.807, 2.05) is 30.3 Å². The van der Waals surface area contributed by atoms with Crippen LogP contribution in [0.2, 0.25) is 0 Å². The van der Waals surface area contributed by atoms with Gasteiger partial charge in [0.25, 0.3) is 0 Å². The summed E-state index contributed by atoms with van der Waals surface area (Å²) in [7, 11) is 0. The van der Waals surface area contributed by atoms with E-state index in [0.29, 0.717) is 0 Å². The number of nitrogens with one attached hydrogen (secondary N) is 1. The van der Waals surface area contributed by atoms with Crippen molar-refractivity contribution in [3.05, 3.63) is 55.2 Å². The van der Waals surface area contributed by atoms with Gasteiger partial charge in [0.15, 0.2) is 0 Å². The number of pyridine rings is 1. The van der Waals surface area contributed by atoms with Crippen LogP contribution in [0.5, 0.6) is 0 Å². The third-order valence-corrected chi connectivity index (χ3v) is 2.03. The van der Waals surface area contributed by atoms with E-state index >= 15 is 0 Å². The van der Waals surface area contributed by atoms with Gasteiger partial charge in [-0.05, 0) is 24.3 Å². The number of aromatic amines is 1. The maximum absolute atomic E-state index is 5.60. The molecule has 0 saturated heterocycles. The molecule has 3 rings (SSSR count). The Labute approximate surface area is 93.2 Å². The maximum Gasteiger partial charge on any atom is 0.0919 e. The summed E-state index contributed by atoms with van der Waals surface area (Å²) in [5, 5.41) is 1.09. The van der Waals surface area contributed by atoms with Gasteiger partial charge in [-0.1, -0.05) is 6.07 Å². The Kier molecular flexibility index (Phi) is 3.13. The van der Waals surface area contributed by atoms with Crippen molar-refractivity contribution in [3.8, 4) is 0 Å². The number of nitrogens with zero attached hydrogens (tertiary/aromatic N) is 2. The topological polar surface area (TPSA) is 67.6 Å². The van der Waals surface area contributed by atoms with E-state index in [2.05, 4.69) is 15.0 Å². The molecule has 1 aromatic carbocycles. The fraction of sp³-hybridized carbons (Fsp3) is 0. The second-order valence-electron chi connectivity index (χ2n) is 3.22. The first kappa shape index (κ1) is 10.2. The second kappa shape index (κ2) is 4.93. The van der Waals surface area contributed by atoms with E-state index in [9.17, 15) is 0 Å². The number of nitrogen functional groups attached to an aromatic ring is 1. The minimum atomic E-state index is 0.783. The fourth-order valence-corrected chi connectivity index (χ4v) is 1.31. The quantitative estimate of drug-likeness (QED) is 0.561. The van der Waals surface area contributed by atoms with Crippen molar-refractivity contribution in [1.82, 2.24) is 15.0 Å². The standard InChI is InChI=1S/C9H8N2.C3H4N2/c10-8-3-4-9-7(6-8)2-1-5-11-9;1-2-5-3-4-1/h1-6H,10H2;1-3H,(H,4,5). The molecule has 0 atom stereocenters. The molecule has 0 saturated carbocycles. The van der Waals surface area contributed by atoms with Crippen LogP contribution in [-0.2, 0) is 0 Å². The van der Waals surface area contributed by atoms with Gasteiger partial charge in [0, 0.05) is 29.7 Å². The van der Waals surface area contributed by atoms with Crippen LogP contribution >= 0.6 is 0 Å². The average molecular weight is 212 g/mol. The zero-order valence-electron chi connectivity index (χ0n) is 8.67.